The summed E-state index contributed by atoms with van der Waals surface area (Å²) in [6.07, 6.45) is 5.37. The van der Waals surface area contributed by atoms with Crippen molar-refractivity contribution in [3.05, 3.63) is 44.3 Å². The number of nitrogens with one attached hydrogen (secondary N) is 1. The Morgan fingerprint density at radius 2 is 2.35 bits per heavy atom. The summed E-state index contributed by atoms with van der Waals surface area (Å²) in [5, 5.41) is 5.13. The molecule has 3 nitrogen and oxygen atoms in total. The molecule has 0 bridgehead atoms. The van der Waals surface area contributed by atoms with Crippen LogP contribution in [-0.2, 0) is 13.0 Å². The number of aromatic nitrogens is 1. The Kier molecular flexibility index (Phi) is 3.98. The second-order valence-corrected chi connectivity index (χ2v) is 7.00. The van der Waals surface area contributed by atoms with E-state index in [1.165, 1.54) is 23.3 Å². The first kappa shape index (κ1) is 13.9. The molecule has 1 aliphatic rings. The average molecular weight is 353 g/mol. The highest BCUT2D eigenvalue weighted by Crippen LogP contribution is 2.37. The van der Waals surface area contributed by atoms with Gasteiger partial charge in [-0.1, -0.05) is 6.92 Å². The fraction of sp³-hybridized carbons (Fsp3) is 0.400. The van der Waals surface area contributed by atoms with Crippen LogP contribution in [0, 0.1) is 0 Å². The molecule has 3 rings (SSSR count). The Labute approximate surface area is 131 Å². The number of aryl methyl sites for hydroxylation is 1. The summed E-state index contributed by atoms with van der Waals surface area (Å²) >= 11 is 5.17. The summed E-state index contributed by atoms with van der Waals surface area (Å²) in [6.45, 7) is 2.76. The van der Waals surface area contributed by atoms with E-state index in [4.69, 9.17) is 0 Å². The van der Waals surface area contributed by atoms with Crippen LogP contribution in [0.2, 0.25) is 0 Å². The molecule has 0 atom stereocenters. The zero-order valence-electron chi connectivity index (χ0n) is 11.4. The Morgan fingerprint density at radius 3 is 3.05 bits per heavy atom. The minimum absolute atomic E-state index is 0.0121. The van der Waals surface area contributed by atoms with Gasteiger partial charge in [-0.2, -0.15) is 0 Å². The first-order valence-corrected chi connectivity index (χ1v) is 8.57. The van der Waals surface area contributed by atoms with Crippen molar-refractivity contribution in [2.24, 2.45) is 0 Å². The highest BCUT2D eigenvalue weighted by molar-refractivity contribution is 9.10. The maximum absolute atomic E-state index is 12.4. The molecule has 2 aromatic rings. The van der Waals surface area contributed by atoms with Crippen LogP contribution in [0.25, 0.3) is 0 Å². The van der Waals surface area contributed by atoms with Gasteiger partial charge in [-0.15, -0.1) is 11.3 Å². The number of thiophene rings is 1. The Hall–Kier alpha value is -1.07. The summed E-state index contributed by atoms with van der Waals surface area (Å²) in [4.78, 5) is 13.6. The van der Waals surface area contributed by atoms with Gasteiger partial charge in [0.15, 0.2) is 0 Å². The zero-order chi connectivity index (χ0) is 14.1. The van der Waals surface area contributed by atoms with E-state index in [0.717, 1.165) is 16.6 Å². The van der Waals surface area contributed by atoms with Crippen LogP contribution in [0.3, 0.4) is 0 Å². The highest BCUT2D eigenvalue weighted by Gasteiger charge is 2.27. The number of carbonyl (C=O) groups is 1. The molecule has 20 heavy (non-hydrogen) atoms. The summed E-state index contributed by atoms with van der Waals surface area (Å²) in [7, 11) is 0. The molecule has 1 saturated carbocycles. The highest BCUT2D eigenvalue weighted by atomic mass is 79.9. The molecule has 1 amide bonds. The third-order valence-electron chi connectivity index (χ3n) is 3.62. The summed E-state index contributed by atoms with van der Waals surface area (Å²) < 4.78 is 3.06. The Balaban J connectivity index is 1.70. The first-order chi connectivity index (χ1) is 9.69. The van der Waals surface area contributed by atoms with Crippen molar-refractivity contribution in [3.8, 4) is 0 Å². The fourth-order valence-corrected chi connectivity index (χ4v) is 3.72. The second-order valence-electron chi connectivity index (χ2n) is 5.09. The normalized spacial score (nSPS) is 14.5. The number of hydrogen-bond acceptors (Lipinski definition) is 2. The van der Waals surface area contributed by atoms with E-state index in [9.17, 15) is 4.79 Å². The van der Waals surface area contributed by atoms with Gasteiger partial charge in [-0.3, -0.25) is 4.79 Å². The number of nitrogens with zero attached hydrogens (tertiary/aromatic N) is 1. The molecule has 106 valence electrons. The number of hydrogen-bond donors (Lipinski definition) is 1. The lowest BCUT2D eigenvalue weighted by molar-refractivity contribution is 0.0941. The minimum atomic E-state index is 0.0121. The topological polar surface area (TPSA) is 34.0 Å². The minimum Gasteiger partial charge on any atom is -0.346 e. The van der Waals surface area contributed by atoms with E-state index in [1.54, 1.807) is 11.3 Å². The monoisotopic (exact) mass is 352 g/mol. The molecule has 1 N–H and O–H groups in total. The quantitative estimate of drug-likeness (QED) is 0.861. The number of rotatable bonds is 5. The van der Waals surface area contributed by atoms with Gasteiger partial charge in [-0.05, 0) is 58.3 Å². The Morgan fingerprint density at radius 1 is 1.55 bits per heavy atom. The van der Waals surface area contributed by atoms with Crippen molar-refractivity contribution in [2.45, 2.75) is 38.8 Å². The average Bonchev–Trinajstić information content (AvgIpc) is 3.06. The molecule has 0 aromatic carbocycles. The van der Waals surface area contributed by atoms with Gasteiger partial charge in [0.2, 0.25) is 0 Å². The van der Waals surface area contributed by atoms with Crippen molar-refractivity contribution in [2.75, 3.05) is 0 Å². The lowest BCUT2D eigenvalue weighted by Crippen LogP contribution is -2.25. The molecule has 2 heterocycles. The van der Waals surface area contributed by atoms with E-state index < -0.39 is 0 Å². The fourth-order valence-electron chi connectivity index (χ4n) is 2.37. The van der Waals surface area contributed by atoms with Crippen LogP contribution in [0.15, 0.2) is 28.2 Å². The van der Waals surface area contributed by atoms with E-state index >= 15 is 0 Å². The van der Waals surface area contributed by atoms with Gasteiger partial charge in [0.1, 0.15) is 5.69 Å². The van der Waals surface area contributed by atoms with Crippen LogP contribution < -0.4 is 5.32 Å². The van der Waals surface area contributed by atoms with E-state index in [2.05, 4.69) is 44.2 Å². The third kappa shape index (κ3) is 2.83. The molecule has 1 aliphatic carbocycles. The smallest absolute Gasteiger partial charge is 0.268 e. The van der Waals surface area contributed by atoms with Crippen LogP contribution in [0.4, 0.5) is 0 Å². The second kappa shape index (κ2) is 5.74. The van der Waals surface area contributed by atoms with Crippen molar-refractivity contribution < 1.29 is 4.79 Å². The molecule has 0 saturated heterocycles. The lowest BCUT2D eigenvalue weighted by atomic mass is 10.2. The predicted molar refractivity (Wildman–Crippen MR) is 85.3 cm³/mol. The van der Waals surface area contributed by atoms with Crippen LogP contribution in [0.5, 0.6) is 0 Å². The van der Waals surface area contributed by atoms with Gasteiger partial charge < -0.3 is 9.88 Å². The summed E-state index contributed by atoms with van der Waals surface area (Å²) in [6, 6.07) is 4.55. The predicted octanol–water partition coefficient (Wildman–Crippen LogP) is 4.14. The van der Waals surface area contributed by atoms with E-state index in [0.29, 0.717) is 12.6 Å². The van der Waals surface area contributed by atoms with Crippen molar-refractivity contribution in [3.63, 3.8) is 0 Å². The number of carbonyl (C=O) groups excluding carboxylic acids is 1. The number of halogens is 1. The molecule has 0 aliphatic heterocycles. The standard InChI is InChI=1S/C15H17BrN2OS/c1-2-10-5-6-20-14(10)8-17-15(19)13-7-11(16)9-18(13)12-3-4-12/h5-7,9,12H,2-4,8H2,1H3,(H,17,19). The van der Waals surface area contributed by atoms with Crippen LogP contribution >= 0.6 is 27.3 Å². The number of amides is 1. The SMILES string of the molecule is CCc1ccsc1CNC(=O)c1cc(Br)cn1C1CC1. The first-order valence-electron chi connectivity index (χ1n) is 6.90. The largest absolute Gasteiger partial charge is 0.346 e. The van der Waals surface area contributed by atoms with E-state index in [1.807, 2.05) is 12.3 Å². The van der Waals surface area contributed by atoms with Crippen molar-refractivity contribution >= 4 is 33.2 Å². The van der Waals surface area contributed by atoms with Crippen LogP contribution in [0.1, 0.15) is 46.7 Å². The molecule has 2 aromatic heterocycles. The molecule has 0 spiro atoms. The van der Waals surface area contributed by atoms with Crippen molar-refractivity contribution in [1.29, 1.82) is 0 Å². The van der Waals surface area contributed by atoms with Crippen molar-refractivity contribution in [1.82, 2.24) is 9.88 Å². The molecule has 1 fully saturated rings. The zero-order valence-corrected chi connectivity index (χ0v) is 13.8. The molecule has 0 unspecified atom stereocenters. The van der Waals surface area contributed by atoms with Gasteiger partial charge >= 0.3 is 0 Å². The third-order valence-corrected chi connectivity index (χ3v) is 5.01. The maximum Gasteiger partial charge on any atom is 0.268 e. The summed E-state index contributed by atoms with van der Waals surface area (Å²) in [5.41, 5.74) is 2.09. The van der Waals surface area contributed by atoms with Gasteiger partial charge in [0.05, 0.1) is 6.54 Å². The van der Waals surface area contributed by atoms with Gasteiger partial charge in [-0.25, -0.2) is 0 Å². The lowest BCUT2D eigenvalue weighted by Gasteiger charge is -2.08. The molecular weight excluding hydrogens is 336 g/mol. The molecular formula is C15H17BrN2OS. The Bertz CT molecular complexity index is 628. The van der Waals surface area contributed by atoms with Crippen LogP contribution in [-0.4, -0.2) is 10.5 Å². The molecule has 0 radical (unpaired) electrons. The molecule has 5 heteroatoms. The summed E-state index contributed by atoms with van der Waals surface area (Å²) in [5.74, 6) is 0.0121. The van der Waals surface area contributed by atoms with Gasteiger partial charge in [0.25, 0.3) is 5.91 Å². The van der Waals surface area contributed by atoms with Gasteiger partial charge in [0, 0.05) is 21.6 Å². The van der Waals surface area contributed by atoms with E-state index in [-0.39, 0.29) is 5.91 Å². The maximum atomic E-state index is 12.4.